The van der Waals surface area contributed by atoms with Gasteiger partial charge in [-0.05, 0) is 27.0 Å². The second-order valence-electron chi connectivity index (χ2n) is 3.35. The number of esters is 1. The maximum Gasteiger partial charge on any atom is 0.347 e. The lowest BCUT2D eigenvalue weighted by atomic mass is 10.4. The minimum absolute atomic E-state index is 0.339. The van der Waals surface area contributed by atoms with Gasteiger partial charge in [-0.25, -0.2) is 9.78 Å². The van der Waals surface area contributed by atoms with Crippen LogP contribution in [-0.4, -0.2) is 34.9 Å². The fourth-order valence-corrected chi connectivity index (χ4v) is 1.57. The third-order valence-electron chi connectivity index (χ3n) is 1.91. The van der Waals surface area contributed by atoms with E-state index in [2.05, 4.69) is 9.97 Å². The van der Waals surface area contributed by atoms with Crippen LogP contribution >= 0.6 is 11.8 Å². The molecule has 1 atom stereocenters. The van der Waals surface area contributed by atoms with Crippen molar-refractivity contribution in [2.45, 2.75) is 32.0 Å². The maximum atomic E-state index is 11.4. The van der Waals surface area contributed by atoms with Gasteiger partial charge in [0.05, 0.1) is 6.61 Å². The number of hydrogen-bond acceptors (Lipinski definition) is 6. The van der Waals surface area contributed by atoms with Crippen molar-refractivity contribution < 1.29 is 14.3 Å². The average molecular weight is 256 g/mol. The molecule has 1 aromatic rings. The molecule has 0 radical (unpaired) electrons. The summed E-state index contributed by atoms with van der Waals surface area (Å²) < 4.78 is 10.3. The van der Waals surface area contributed by atoms with Crippen LogP contribution in [0.2, 0.25) is 0 Å². The fourth-order valence-electron chi connectivity index (χ4n) is 1.15. The molecule has 0 aromatic carbocycles. The van der Waals surface area contributed by atoms with Crippen LogP contribution in [0.4, 0.5) is 0 Å². The molecular weight excluding hydrogens is 240 g/mol. The quantitative estimate of drug-likeness (QED) is 0.455. The summed E-state index contributed by atoms with van der Waals surface area (Å²) in [6.07, 6.45) is 1.21. The SMILES string of the molecule is CCOC(=O)[C@@H](C)Oc1cc(C)nc(SC)n1. The Morgan fingerprint density at radius 3 is 2.82 bits per heavy atom. The first-order chi connectivity index (χ1) is 8.06. The lowest BCUT2D eigenvalue weighted by Crippen LogP contribution is -2.26. The van der Waals surface area contributed by atoms with E-state index in [0.717, 1.165) is 5.69 Å². The third kappa shape index (κ3) is 4.22. The maximum absolute atomic E-state index is 11.4. The van der Waals surface area contributed by atoms with Crippen molar-refractivity contribution >= 4 is 17.7 Å². The standard InChI is InChI=1S/C11H16N2O3S/c1-5-15-10(14)8(3)16-9-6-7(2)12-11(13-9)17-4/h6,8H,5H2,1-4H3/t8-/m1/s1. The lowest BCUT2D eigenvalue weighted by Gasteiger charge is -2.13. The molecule has 0 saturated heterocycles. The summed E-state index contributed by atoms with van der Waals surface area (Å²) in [7, 11) is 0. The molecule has 1 heterocycles. The van der Waals surface area contributed by atoms with Crippen LogP contribution in [-0.2, 0) is 9.53 Å². The van der Waals surface area contributed by atoms with Crippen molar-refractivity contribution in [3.05, 3.63) is 11.8 Å². The number of rotatable bonds is 5. The average Bonchev–Trinajstić information content (AvgIpc) is 2.28. The number of aryl methyl sites for hydroxylation is 1. The van der Waals surface area contributed by atoms with Crippen molar-refractivity contribution in [2.24, 2.45) is 0 Å². The number of carbonyl (C=O) groups excluding carboxylic acids is 1. The zero-order valence-corrected chi connectivity index (χ0v) is 11.2. The summed E-state index contributed by atoms with van der Waals surface area (Å²) in [5, 5.41) is 0.621. The molecule has 0 aliphatic heterocycles. The molecule has 0 N–H and O–H groups in total. The Hall–Kier alpha value is -1.30. The van der Waals surface area contributed by atoms with Gasteiger partial charge in [0.2, 0.25) is 5.88 Å². The summed E-state index contributed by atoms with van der Waals surface area (Å²) in [5.41, 5.74) is 0.801. The number of nitrogens with zero attached hydrogens (tertiary/aromatic N) is 2. The molecule has 0 bridgehead atoms. The Labute approximate surface area is 105 Å². The number of ether oxygens (including phenoxy) is 2. The first kappa shape index (κ1) is 13.8. The van der Waals surface area contributed by atoms with Gasteiger partial charge in [0.25, 0.3) is 0 Å². The van der Waals surface area contributed by atoms with E-state index in [4.69, 9.17) is 9.47 Å². The highest BCUT2D eigenvalue weighted by Crippen LogP contribution is 2.16. The van der Waals surface area contributed by atoms with E-state index in [9.17, 15) is 4.79 Å². The first-order valence-corrected chi connectivity index (χ1v) is 6.52. The Morgan fingerprint density at radius 1 is 1.53 bits per heavy atom. The summed E-state index contributed by atoms with van der Waals surface area (Å²) in [6.45, 7) is 5.58. The van der Waals surface area contributed by atoms with E-state index in [1.807, 2.05) is 13.2 Å². The number of thioether (sulfide) groups is 1. The predicted molar refractivity (Wildman–Crippen MR) is 65.3 cm³/mol. The van der Waals surface area contributed by atoms with Gasteiger partial charge in [0.15, 0.2) is 11.3 Å². The topological polar surface area (TPSA) is 61.3 Å². The molecule has 0 aliphatic rings. The zero-order valence-electron chi connectivity index (χ0n) is 10.4. The molecule has 5 nitrogen and oxygen atoms in total. The Balaban J connectivity index is 2.73. The molecule has 1 aromatic heterocycles. The Kier molecular flexibility index (Phi) is 5.21. The van der Waals surface area contributed by atoms with Crippen LogP contribution in [0.25, 0.3) is 0 Å². The molecule has 0 aliphatic carbocycles. The molecule has 0 spiro atoms. The molecular formula is C11H16N2O3S. The highest BCUT2D eigenvalue weighted by Gasteiger charge is 2.16. The fraction of sp³-hybridized carbons (Fsp3) is 0.545. The first-order valence-electron chi connectivity index (χ1n) is 5.29. The second-order valence-corrected chi connectivity index (χ2v) is 4.12. The Bertz CT molecular complexity index is 398. The normalized spacial score (nSPS) is 12.0. The van der Waals surface area contributed by atoms with Crippen molar-refractivity contribution in [3.8, 4) is 5.88 Å². The van der Waals surface area contributed by atoms with Gasteiger partial charge in [-0.15, -0.1) is 0 Å². The zero-order chi connectivity index (χ0) is 12.8. The van der Waals surface area contributed by atoms with Crippen molar-refractivity contribution in [2.75, 3.05) is 12.9 Å². The third-order valence-corrected chi connectivity index (χ3v) is 2.46. The van der Waals surface area contributed by atoms with Crippen molar-refractivity contribution in [3.63, 3.8) is 0 Å². The molecule has 0 unspecified atom stereocenters. The van der Waals surface area contributed by atoms with Gasteiger partial charge in [0.1, 0.15) is 0 Å². The predicted octanol–water partition coefficient (Wildman–Crippen LogP) is 1.84. The molecule has 94 valence electrons. The van der Waals surface area contributed by atoms with Crippen LogP contribution in [0.1, 0.15) is 19.5 Å². The minimum Gasteiger partial charge on any atom is -0.463 e. The summed E-state index contributed by atoms with van der Waals surface area (Å²) in [6, 6.07) is 1.69. The highest BCUT2D eigenvalue weighted by molar-refractivity contribution is 7.98. The lowest BCUT2D eigenvalue weighted by molar-refractivity contribution is -0.150. The van der Waals surface area contributed by atoms with Crippen molar-refractivity contribution in [1.29, 1.82) is 0 Å². The van der Waals surface area contributed by atoms with Crippen LogP contribution in [0.15, 0.2) is 11.2 Å². The van der Waals surface area contributed by atoms with E-state index in [0.29, 0.717) is 17.6 Å². The van der Waals surface area contributed by atoms with Gasteiger partial charge < -0.3 is 9.47 Å². The molecule has 1 rings (SSSR count). The van der Waals surface area contributed by atoms with E-state index in [1.54, 1.807) is 19.9 Å². The van der Waals surface area contributed by atoms with Crippen LogP contribution in [0.5, 0.6) is 5.88 Å². The summed E-state index contributed by atoms with van der Waals surface area (Å²) in [4.78, 5) is 19.7. The largest absolute Gasteiger partial charge is 0.463 e. The monoisotopic (exact) mass is 256 g/mol. The van der Waals surface area contributed by atoms with Crippen LogP contribution < -0.4 is 4.74 Å². The van der Waals surface area contributed by atoms with Crippen LogP contribution in [0, 0.1) is 6.92 Å². The number of aromatic nitrogens is 2. The molecule has 0 saturated carbocycles. The van der Waals surface area contributed by atoms with Gasteiger partial charge in [-0.2, -0.15) is 4.98 Å². The molecule has 17 heavy (non-hydrogen) atoms. The van der Waals surface area contributed by atoms with Gasteiger partial charge in [0, 0.05) is 11.8 Å². The van der Waals surface area contributed by atoms with Gasteiger partial charge in [-0.1, -0.05) is 11.8 Å². The summed E-state index contributed by atoms with van der Waals surface area (Å²) >= 11 is 1.42. The highest BCUT2D eigenvalue weighted by atomic mass is 32.2. The molecule has 0 amide bonds. The van der Waals surface area contributed by atoms with Crippen LogP contribution in [0.3, 0.4) is 0 Å². The molecule has 6 heteroatoms. The minimum atomic E-state index is -0.668. The van der Waals surface area contributed by atoms with E-state index in [-0.39, 0.29) is 0 Å². The Morgan fingerprint density at radius 2 is 2.24 bits per heavy atom. The van der Waals surface area contributed by atoms with Gasteiger partial charge >= 0.3 is 5.97 Å². The molecule has 0 fully saturated rings. The van der Waals surface area contributed by atoms with E-state index >= 15 is 0 Å². The second kappa shape index (κ2) is 6.44. The number of hydrogen-bond donors (Lipinski definition) is 0. The van der Waals surface area contributed by atoms with E-state index in [1.165, 1.54) is 11.8 Å². The smallest absolute Gasteiger partial charge is 0.347 e. The van der Waals surface area contributed by atoms with Gasteiger partial charge in [-0.3, -0.25) is 0 Å². The van der Waals surface area contributed by atoms with Crippen molar-refractivity contribution in [1.82, 2.24) is 9.97 Å². The number of carbonyl (C=O) groups is 1. The summed E-state index contributed by atoms with van der Waals surface area (Å²) in [5.74, 6) is -0.00290. The van der Waals surface area contributed by atoms with E-state index < -0.39 is 12.1 Å².